The number of nitrogens with zero attached hydrogens (tertiary/aromatic N) is 3. The number of rotatable bonds is 1. The SMILES string of the molecule is Cc1nn(C)c(Cl)c1C1CN(C(=O)OC(C)(C)C)CCN1. The molecule has 0 bridgehead atoms. The summed E-state index contributed by atoms with van der Waals surface area (Å²) in [6.07, 6.45) is -0.285. The summed E-state index contributed by atoms with van der Waals surface area (Å²) in [5.74, 6) is 0. The summed E-state index contributed by atoms with van der Waals surface area (Å²) in [6.45, 7) is 9.39. The third kappa shape index (κ3) is 3.68. The molecule has 0 spiro atoms. The molecule has 1 saturated heterocycles. The lowest BCUT2D eigenvalue weighted by atomic mass is 10.1. The van der Waals surface area contributed by atoms with Crippen LogP contribution in [-0.4, -0.2) is 46.0 Å². The van der Waals surface area contributed by atoms with Crippen molar-refractivity contribution in [3.05, 3.63) is 16.4 Å². The van der Waals surface area contributed by atoms with Gasteiger partial charge in [0.25, 0.3) is 0 Å². The molecule has 1 amide bonds. The lowest BCUT2D eigenvalue weighted by molar-refractivity contribution is 0.0195. The first-order chi connectivity index (χ1) is 9.69. The van der Waals surface area contributed by atoms with Crippen LogP contribution in [0.15, 0.2) is 0 Å². The normalized spacial score (nSPS) is 19.7. The van der Waals surface area contributed by atoms with Gasteiger partial charge in [-0.2, -0.15) is 5.10 Å². The molecule has 0 aromatic carbocycles. The van der Waals surface area contributed by atoms with Gasteiger partial charge in [-0.25, -0.2) is 4.79 Å². The van der Waals surface area contributed by atoms with E-state index in [2.05, 4.69) is 10.4 Å². The summed E-state index contributed by atoms with van der Waals surface area (Å²) >= 11 is 6.31. The van der Waals surface area contributed by atoms with Crippen molar-refractivity contribution >= 4 is 17.7 Å². The van der Waals surface area contributed by atoms with Gasteiger partial charge in [-0.1, -0.05) is 11.6 Å². The Morgan fingerprint density at radius 1 is 1.48 bits per heavy atom. The maximum absolute atomic E-state index is 12.2. The van der Waals surface area contributed by atoms with Crippen LogP contribution in [0.2, 0.25) is 5.15 Å². The molecule has 2 rings (SSSR count). The van der Waals surface area contributed by atoms with Gasteiger partial charge < -0.3 is 15.0 Å². The van der Waals surface area contributed by atoms with Crippen molar-refractivity contribution in [2.24, 2.45) is 7.05 Å². The van der Waals surface area contributed by atoms with Crippen molar-refractivity contribution in [1.82, 2.24) is 20.0 Å². The molecular weight excluding hydrogens is 292 g/mol. The predicted molar refractivity (Wildman–Crippen MR) is 81.5 cm³/mol. The second kappa shape index (κ2) is 5.85. The lowest BCUT2D eigenvalue weighted by Crippen LogP contribution is -2.49. The minimum atomic E-state index is -0.487. The van der Waals surface area contributed by atoms with Gasteiger partial charge in [0.2, 0.25) is 0 Å². The molecule has 21 heavy (non-hydrogen) atoms. The van der Waals surface area contributed by atoms with Crippen LogP contribution in [0.4, 0.5) is 4.79 Å². The molecule has 0 saturated carbocycles. The average molecular weight is 315 g/mol. The van der Waals surface area contributed by atoms with E-state index < -0.39 is 5.60 Å². The summed E-state index contributed by atoms with van der Waals surface area (Å²) in [5, 5.41) is 8.32. The van der Waals surface area contributed by atoms with Gasteiger partial charge in [-0.3, -0.25) is 4.68 Å². The molecule has 0 aliphatic carbocycles. The van der Waals surface area contributed by atoms with Crippen molar-refractivity contribution in [2.45, 2.75) is 39.3 Å². The first kappa shape index (κ1) is 16.1. The highest BCUT2D eigenvalue weighted by atomic mass is 35.5. The number of piperazine rings is 1. The summed E-state index contributed by atoms with van der Waals surface area (Å²) < 4.78 is 7.09. The third-order valence-corrected chi connectivity index (χ3v) is 3.82. The minimum absolute atomic E-state index is 0.0209. The van der Waals surface area contributed by atoms with Gasteiger partial charge in [0.1, 0.15) is 10.8 Å². The summed E-state index contributed by atoms with van der Waals surface area (Å²) in [4.78, 5) is 13.9. The summed E-state index contributed by atoms with van der Waals surface area (Å²) in [7, 11) is 1.81. The zero-order chi connectivity index (χ0) is 15.8. The van der Waals surface area contributed by atoms with Crippen molar-refractivity contribution in [1.29, 1.82) is 0 Å². The zero-order valence-corrected chi connectivity index (χ0v) is 14.0. The molecular formula is C14H23ClN4O2. The van der Waals surface area contributed by atoms with Crippen LogP contribution in [0.1, 0.15) is 38.1 Å². The standard InChI is InChI=1S/C14H23ClN4O2/c1-9-11(12(15)18(5)17-9)10-8-19(7-6-16-10)13(20)21-14(2,3)4/h10,16H,6-8H2,1-5H3. The zero-order valence-electron chi connectivity index (χ0n) is 13.2. The summed E-state index contributed by atoms with van der Waals surface area (Å²) in [5.41, 5.74) is 1.35. The molecule has 1 unspecified atom stereocenters. The van der Waals surface area contributed by atoms with Crippen molar-refractivity contribution in [3.8, 4) is 0 Å². The van der Waals surface area contributed by atoms with Gasteiger partial charge in [0, 0.05) is 32.2 Å². The van der Waals surface area contributed by atoms with E-state index in [0.29, 0.717) is 24.8 Å². The van der Waals surface area contributed by atoms with Crippen LogP contribution < -0.4 is 5.32 Å². The largest absolute Gasteiger partial charge is 0.444 e. The number of nitrogens with one attached hydrogen (secondary N) is 1. The van der Waals surface area contributed by atoms with Gasteiger partial charge >= 0.3 is 6.09 Å². The Morgan fingerprint density at radius 2 is 2.14 bits per heavy atom. The first-order valence-corrected chi connectivity index (χ1v) is 7.47. The number of hydrogen-bond acceptors (Lipinski definition) is 4. The number of ether oxygens (including phenoxy) is 1. The molecule has 1 atom stereocenters. The second-order valence-corrected chi connectivity index (χ2v) is 6.70. The Morgan fingerprint density at radius 3 is 2.67 bits per heavy atom. The maximum Gasteiger partial charge on any atom is 0.410 e. The smallest absolute Gasteiger partial charge is 0.410 e. The van der Waals surface area contributed by atoms with E-state index in [4.69, 9.17) is 16.3 Å². The number of carbonyl (C=O) groups is 1. The lowest BCUT2D eigenvalue weighted by Gasteiger charge is -2.35. The van der Waals surface area contributed by atoms with Crippen LogP contribution in [0.25, 0.3) is 0 Å². The molecule has 1 N–H and O–H groups in total. The number of aromatic nitrogens is 2. The Hall–Kier alpha value is -1.27. The fraction of sp³-hybridized carbons (Fsp3) is 0.714. The van der Waals surface area contributed by atoms with E-state index in [1.807, 2.05) is 34.7 Å². The number of hydrogen-bond donors (Lipinski definition) is 1. The van der Waals surface area contributed by atoms with Crippen LogP contribution >= 0.6 is 11.6 Å². The maximum atomic E-state index is 12.2. The highest BCUT2D eigenvalue weighted by Crippen LogP contribution is 2.28. The first-order valence-electron chi connectivity index (χ1n) is 7.09. The van der Waals surface area contributed by atoms with E-state index in [-0.39, 0.29) is 12.1 Å². The molecule has 1 aliphatic heterocycles. The highest BCUT2D eigenvalue weighted by molar-refractivity contribution is 6.30. The van der Waals surface area contributed by atoms with Crippen LogP contribution in [0, 0.1) is 6.92 Å². The monoisotopic (exact) mass is 314 g/mol. The quantitative estimate of drug-likeness (QED) is 0.864. The molecule has 2 heterocycles. The van der Waals surface area contributed by atoms with E-state index in [1.165, 1.54) is 0 Å². The van der Waals surface area contributed by atoms with E-state index in [1.54, 1.807) is 9.58 Å². The Labute approximate surface area is 130 Å². The summed E-state index contributed by atoms with van der Waals surface area (Å²) in [6, 6.07) is -0.0209. The van der Waals surface area contributed by atoms with Crippen LogP contribution in [0.5, 0.6) is 0 Å². The molecule has 6 nitrogen and oxygen atoms in total. The number of aryl methyl sites for hydroxylation is 2. The van der Waals surface area contributed by atoms with E-state index in [9.17, 15) is 4.79 Å². The van der Waals surface area contributed by atoms with Gasteiger partial charge in [0.05, 0.1) is 11.7 Å². The molecule has 7 heteroatoms. The number of amides is 1. The number of halogens is 1. The van der Waals surface area contributed by atoms with Crippen LogP contribution in [0.3, 0.4) is 0 Å². The minimum Gasteiger partial charge on any atom is -0.444 e. The Kier molecular flexibility index (Phi) is 4.49. The van der Waals surface area contributed by atoms with Gasteiger partial charge in [0.15, 0.2) is 0 Å². The van der Waals surface area contributed by atoms with Crippen molar-refractivity contribution in [2.75, 3.05) is 19.6 Å². The molecule has 1 aromatic heterocycles. The molecule has 1 aromatic rings. The molecule has 1 aliphatic rings. The van der Waals surface area contributed by atoms with Gasteiger partial charge in [-0.15, -0.1) is 0 Å². The van der Waals surface area contributed by atoms with E-state index >= 15 is 0 Å². The molecule has 0 radical (unpaired) electrons. The average Bonchev–Trinajstić information content (AvgIpc) is 2.61. The molecule has 1 fully saturated rings. The Bertz CT molecular complexity index is 536. The van der Waals surface area contributed by atoms with Crippen molar-refractivity contribution < 1.29 is 9.53 Å². The van der Waals surface area contributed by atoms with Gasteiger partial charge in [-0.05, 0) is 27.7 Å². The highest BCUT2D eigenvalue weighted by Gasteiger charge is 2.31. The second-order valence-electron chi connectivity index (χ2n) is 6.35. The third-order valence-electron chi connectivity index (χ3n) is 3.37. The van der Waals surface area contributed by atoms with Crippen LogP contribution in [-0.2, 0) is 11.8 Å². The van der Waals surface area contributed by atoms with Crippen molar-refractivity contribution in [3.63, 3.8) is 0 Å². The fourth-order valence-electron chi connectivity index (χ4n) is 2.48. The van der Waals surface area contributed by atoms with E-state index in [0.717, 1.165) is 11.3 Å². The topological polar surface area (TPSA) is 59.4 Å². The number of carbonyl (C=O) groups excluding carboxylic acids is 1. The predicted octanol–water partition coefficient (Wildman–Crippen LogP) is 2.26. The molecule has 118 valence electrons. The fourth-order valence-corrected chi connectivity index (χ4v) is 2.78. The Balaban J connectivity index is 2.12.